The topological polar surface area (TPSA) is 90.4 Å². The minimum atomic E-state index is -2.22. The summed E-state index contributed by atoms with van der Waals surface area (Å²) in [6, 6.07) is 83.0. The number of fused-ring (bicyclic) bond motifs is 8. The molecule has 0 unspecified atom stereocenters. The number of hydrogen-bond acceptors (Lipinski definition) is 16. The van der Waals surface area contributed by atoms with Crippen LogP contribution in [0.1, 0.15) is 143 Å². The van der Waals surface area contributed by atoms with E-state index in [0.717, 1.165) is 63.1 Å². The van der Waals surface area contributed by atoms with E-state index in [1.807, 2.05) is 61.8 Å². The van der Waals surface area contributed by atoms with E-state index >= 15 is 0 Å². The lowest BCUT2D eigenvalue weighted by atomic mass is 9.48. The summed E-state index contributed by atoms with van der Waals surface area (Å²) in [6.07, 6.45) is 7.24. The van der Waals surface area contributed by atoms with Crippen molar-refractivity contribution in [3.63, 3.8) is 0 Å². The van der Waals surface area contributed by atoms with E-state index in [0.29, 0.717) is 0 Å². The van der Waals surface area contributed by atoms with Gasteiger partial charge in [-0.1, -0.05) is 296 Å². The SMILES string of the molecule is CB1C(C(C)(C)C)=c2ccccc2=C(C)N1N1c2cccnc2N(c2ccccc2)[C@@H]1C.CB1C(C(C)(C)C)=c2ccccc2=C(C)N1N1c2ncccc2N(c2ccccc2)[C@@H]1C.CB1C(C(C)(C)C)=c2ccccc2=C(C)N1N1c2nccnc2N(c2ccccc2)[C@@H]1C.[2H]C([2H])([2H])N1c2ccccc2N(N2B(C)C(C(C)(C)C)=c3ccccc3=C2C)[C@H]1C. The van der Waals surface area contributed by atoms with Crippen LogP contribution in [0.2, 0.25) is 27.3 Å². The molecule has 0 fully saturated rings. The van der Waals surface area contributed by atoms with Crippen LogP contribution in [0.25, 0.3) is 44.7 Å². The van der Waals surface area contributed by atoms with Gasteiger partial charge in [-0.25, -0.2) is 19.9 Å². The number of hydrogen-bond donors (Lipinski definition) is 0. The second kappa shape index (κ2) is 32.6. The number of anilines is 11. The molecule has 19 rings (SSSR count). The van der Waals surface area contributed by atoms with Crippen molar-refractivity contribution in [2.24, 2.45) is 21.7 Å². The molecule has 0 radical (unpaired) electrons. The second-order valence-electron chi connectivity index (χ2n) is 38.0. The van der Waals surface area contributed by atoms with Crippen molar-refractivity contribution in [2.45, 2.75) is 190 Å². The highest BCUT2D eigenvalue weighted by molar-refractivity contribution is 6.77. The normalized spacial score (nSPS) is 19.0. The van der Waals surface area contributed by atoms with Crippen LogP contribution >= 0.6 is 0 Å². The molecule has 123 heavy (non-hydrogen) atoms. The largest absolute Gasteiger partial charge is 0.351 e. The van der Waals surface area contributed by atoms with Crippen LogP contribution in [0, 0.1) is 21.7 Å². The first-order valence-electron chi connectivity index (χ1n) is 45.5. The van der Waals surface area contributed by atoms with Gasteiger partial charge < -0.3 is 39.3 Å². The van der Waals surface area contributed by atoms with Gasteiger partial charge in [0.2, 0.25) is 0 Å². The van der Waals surface area contributed by atoms with Gasteiger partial charge in [0, 0.05) is 96.6 Å². The average molecular weight is 1630 g/mol. The van der Waals surface area contributed by atoms with Gasteiger partial charge in [0.05, 0.1) is 17.1 Å². The molecule has 11 heterocycles. The molecule has 0 saturated heterocycles. The number of hydrazine groups is 4. The van der Waals surface area contributed by atoms with E-state index in [-0.39, 0.29) is 73.7 Å². The minimum Gasteiger partial charge on any atom is -0.351 e. The highest BCUT2D eigenvalue weighted by Crippen LogP contribution is 2.51. The molecule has 8 aliphatic heterocycles. The summed E-state index contributed by atoms with van der Waals surface area (Å²) in [4.78, 5) is 37.5. The smallest absolute Gasteiger partial charge is 0.307 e. The maximum atomic E-state index is 8.15. The third-order valence-corrected chi connectivity index (χ3v) is 26.1. The van der Waals surface area contributed by atoms with Crippen molar-refractivity contribution >= 4 is 135 Å². The molecule has 0 N–H and O–H groups in total. The number of nitrogens with zero attached hydrogens (tertiary/aromatic N) is 16. The zero-order valence-corrected chi connectivity index (χ0v) is 76.6. The van der Waals surface area contributed by atoms with E-state index in [1.54, 1.807) is 17.3 Å². The molecule has 0 bridgehead atoms. The maximum absolute atomic E-state index is 8.15. The Labute approximate surface area is 736 Å². The first-order chi connectivity index (χ1) is 59.9. The number of rotatable bonds is 7. The van der Waals surface area contributed by atoms with Crippen LogP contribution < -0.4 is 81.4 Å². The van der Waals surface area contributed by atoms with Crippen LogP contribution in [0.4, 0.5) is 63.1 Å². The van der Waals surface area contributed by atoms with E-state index in [9.17, 15) is 0 Å². The molecule has 0 spiro atoms. The quantitative estimate of drug-likeness (QED) is 0.142. The van der Waals surface area contributed by atoms with Gasteiger partial charge in [0.25, 0.3) is 0 Å². The predicted octanol–water partition coefficient (Wildman–Crippen LogP) is 17.5. The summed E-state index contributed by atoms with van der Waals surface area (Å²) < 4.78 is 24.5. The van der Waals surface area contributed by atoms with Gasteiger partial charge in [-0.3, -0.25) is 20.0 Å². The van der Waals surface area contributed by atoms with Crippen molar-refractivity contribution in [1.82, 2.24) is 39.6 Å². The Morgan fingerprint density at radius 1 is 0.260 bits per heavy atom. The Bertz CT molecular complexity index is 6030. The zero-order valence-electron chi connectivity index (χ0n) is 79.6. The summed E-state index contributed by atoms with van der Waals surface area (Å²) >= 11 is 0. The lowest BCUT2D eigenvalue weighted by Crippen LogP contribution is -2.61. The van der Waals surface area contributed by atoms with Gasteiger partial charge in [-0.05, 0) is 171 Å². The van der Waals surface area contributed by atoms with Crippen molar-refractivity contribution in [1.29, 1.82) is 0 Å². The highest BCUT2D eigenvalue weighted by Gasteiger charge is 2.50. The number of para-hydroxylation sites is 5. The fourth-order valence-corrected chi connectivity index (χ4v) is 21.6. The molecule has 0 saturated carbocycles. The van der Waals surface area contributed by atoms with Crippen molar-refractivity contribution < 1.29 is 4.11 Å². The Balaban J connectivity index is 0.000000124. The van der Waals surface area contributed by atoms with Crippen LogP contribution in [0.5, 0.6) is 0 Å². The Kier molecular flexibility index (Phi) is 21.4. The Morgan fingerprint density at radius 3 is 0.911 bits per heavy atom. The van der Waals surface area contributed by atoms with E-state index in [2.05, 4.69) is 407 Å². The zero-order chi connectivity index (χ0) is 89.9. The van der Waals surface area contributed by atoms with E-state index in [4.69, 9.17) is 24.0 Å². The van der Waals surface area contributed by atoms with Crippen molar-refractivity contribution in [3.05, 3.63) is 303 Å². The lowest BCUT2D eigenvalue weighted by molar-refractivity contribution is 0.468. The molecule has 0 amide bonds. The summed E-state index contributed by atoms with van der Waals surface area (Å²) in [7, 11) is 0. The van der Waals surface area contributed by atoms with Crippen molar-refractivity contribution in [3.8, 4) is 0 Å². The fourth-order valence-electron chi connectivity index (χ4n) is 21.6. The number of aromatic nitrogens is 4. The predicted molar refractivity (Wildman–Crippen MR) is 523 cm³/mol. The Hall–Kier alpha value is -12.0. The fraction of sp³-hybridized carbons (Fsp3) is 0.320. The molecule has 0 aliphatic carbocycles. The molecule has 626 valence electrons. The van der Waals surface area contributed by atoms with E-state index < -0.39 is 6.98 Å². The third kappa shape index (κ3) is 14.6. The number of benzene rings is 8. The molecule has 4 atom stereocenters. The Morgan fingerprint density at radius 2 is 0.528 bits per heavy atom. The van der Waals surface area contributed by atoms with Gasteiger partial charge in [-0.2, -0.15) is 0 Å². The summed E-state index contributed by atoms with van der Waals surface area (Å²) in [5.41, 5.74) is 18.2. The van der Waals surface area contributed by atoms with Gasteiger partial charge >= 0.3 is 27.4 Å². The molecular weight excluding hydrogens is 1500 g/mol. The van der Waals surface area contributed by atoms with E-state index in [1.165, 1.54) is 86.4 Å². The summed E-state index contributed by atoms with van der Waals surface area (Å²) in [5, 5.41) is 19.8. The minimum absolute atomic E-state index is 0.0266. The van der Waals surface area contributed by atoms with Crippen LogP contribution in [-0.4, -0.2) is 98.6 Å². The standard InChI is InChI=1S/2C27H31BN4.C26H30BN5.C23H30BN3/c1-19-22-15-10-11-16-23(22)25(27(3,4)5)28(6)32(19)31-20(2)30(21-13-8-7-9-14-21)26-24(31)17-12-18-29-26;1-19-22-15-10-11-16-23(22)25(27(3,4)5)28(6)32(19)31-20(2)30(21-13-8-7-9-14-21)24-17-12-18-29-26(24)31;1-18-21-14-10-11-15-22(21)23(26(3,4)5)27(6)32(18)31-19(2)30(20-12-8-7-9-13-20)24-25(31)29-17-16-28-24;1-16-18-12-8-9-13-19(18)22(23(3,4)5)24(6)27(16)26-17(2)25(7)20-14-10-11-15-21(20)26/h2*7-18,20H,1-6H3;7-17,19H,1-6H3;8-15,17H,1-7H3/t2*20-;19-;17-/m0000/s1/i;;;7D3. The summed E-state index contributed by atoms with van der Waals surface area (Å²) in [6.45, 7) is 53.0. The lowest BCUT2D eigenvalue weighted by Gasteiger charge is -2.47. The third-order valence-electron chi connectivity index (χ3n) is 26.1. The van der Waals surface area contributed by atoms with Crippen molar-refractivity contribution in [2.75, 3.05) is 46.6 Å². The molecular formula is C103H122B4N16. The monoisotopic (exact) mass is 1630 g/mol. The first kappa shape index (κ1) is 80.7. The second-order valence-corrected chi connectivity index (χ2v) is 38.0. The molecule has 8 aliphatic rings. The van der Waals surface area contributed by atoms with Gasteiger partial charge in [0.1, 0.15) is 30.4 Å². The van der Waals surface area contributed by atoms with Crippen LogP contribution in [0.15, 0.2) is 261 Å². The van der Waals surface area contributed by atoms with Gasteiger partial charge in [-0.15, -0.1) is 0 Å². The average Bonchev–Trinajstić information content (AvgIpc) is 1.49. The molecule has 20 heteroatoms. The summed E-state index contributed by atoms with van der Waals surface area (Å²) in [5.74, 6) is 3.79. The first-order valence-corrected chi connectivity index (χ1v) is 44.0. The van der Waals surface area contributed by atoms with Crippen LogP contribution in [-0.2, 0) is 0 Å². The van der Waals surface area contributed by atoms with Gasteiger partial charge in [0.15, 0.2) is 23.3 Å². The highest BCUT2D eigenvalue weighted by atomic mass is 15.7. The van der Waals surface area contributed by atoms with Crippen LogP contribution in [0.3, 0.4) is 0 Å². The number of pyridine rings is 2. The molecule has 8 aromatic carbocycles. The molecule has 3 aromatic heterocycles. The molecule has 16 nitrogen and oxygen atoms in total. The molecule has 11 aromatic rings. The maximum Gasteiger partial charge on any atom is 0.307 e.